The van der Waals surface area contributed by atoms with Crippen LogP contribution in [0.25, 0.3) is 11.3 Å². The number of nitrogens with one attached hydrogen (secondary N) is 2. The third-order valence-corrected chi connectivity index (χ3v) is 6.94. The highest BCUT2D eigenvalue weighted by molar-refractivity contribution is 9.10. The highest BCUT2D eigenvalue weighted by Crippen LogP contribution is 2.27. The minimum atomic E-state index is -0.711. The summed E-state index contributed by atoms with van der Waals surface area (Å²) >= 11 is 4.79. The summed E-state index contributed by atoms with van der Waals surface area (Å²) in [6, 6.07) is 26.3. The standard InChI is InChI=1S/C28H26BrN3O2S/c1-18(2)25(27(34)32-28-30-23(17-35-28)19-13-15-22(29)16-14-19)31-26(33)24(20-9-5-3-6-10-20)21-11-7-4-8-12-21/h3-18,24-25H,1-2H3,(H,31,33)(H,30,32,34)/t25-/m1/s1. The molecule has 178 valence electrons. The number of carbonyl (C=O) groups excluding carboxylic acids is 2. The highest BCUT2D eigenvalue weighted by Gasteiger charge is 2.30. The minimum absolute atomic E-state index is 0.114. The third kappa shape index (κ3) is 6.24. The second-order valence-corrected chi connectivity index (χ2v) is 10.3. The molecule has 3 aromatic carbocycles. The normalized spacial score (nSPS) is 11.9. The molecule has 0 spiro atoms. The molecule has 2 N–H and O–H groups in total. The van der Waals surface area contributed by atoms with Crippen LogP contribution in [-0.4, -0.2) is 22.8 Å². The molecule has 0 saturated carbocycles. The number of hydrogen-bond acceptors (Lipinski definition) is 4. The predicted octanol–water partition coefficient (Wildman–Crippen LogP) is 6.48. The average Bonchev–Trinajstić information content (AvgIpc) is 3.32. The van der Waals surface area contributed by atoms with Crippen molar-refractivity contribution in [3.63, 3.8) is 0 Å². The van der Waals surface area contributed by atoms with Gasteiger partial charge in [-0.25, -0.2) is 4.98 Å². The maximum Gasteiger partial charge on any atom is 0.248 e. The molecule has 1 aromatic heterocycles. The van der Waals surface area contributed by atoms with Crippen molar-refractivity contribution in [1.29, 1.82) is 0 Å². The van der Waals surface area contributed by atoms with Crippen LogP contribution in [0.2, 0.25) is 0 Å². The van der Waals surface area contributed by atoms with Gasteiger partial charge in [-0.05, 0) is 29.2 Å². The topological polar surface area (TPSA) is 71.1 Å². The van der Waals surface area contributed by atoms with Crippen LogP contribution in [0.4, 0.5) is 5.13 Å². The lowest BCUT2D eigenvalue weighted by Crippen LogP contribution is -2.48. The van der Waals surface area contributed by atoms with Crippen molar-refractivity contribution in [2.45, 2.75) is 25.8 Å². The quantitative estimate of drug-likeness (QED) is 0.265. The number of nitrogens with zero attached hydrogens (tertiary/aromatic N) is 1. The summed E-state index contributed by atoms with van der Waals surface area (Å²) in [5, 5.41) is 8.29. The van der Waals surface area contributed by atoms with E-state index in [2.05, 4.69) is 31.5 Å². The van der Waals surface area contributed by atoms with E-state index in [1.165, 1.54) is 11.3 Å². The van der Waals surface area contributed by atoms with Crippen molar-refractivity contribution in [2.24, 2.45) is 5.92 Å². The third-order valence-electron chi connectivity index (χ3n) is 5.65. The van der Waals surface area contributed by atoms with Crippen LogP contribution >= 0.6 is 27.3 Å². The smallest absolute Gasteiger partial charge is 0.248 e. The van der Waals surface area contributed by atoms with Gasteiger partial charge < -0.3 is 10.6 Å². The Morgan fingerprint density at radius 3 is 1.94 bits per heavy atom. The van der Waals surface area contributed by atoms with E-state index < -0.39 is 12.0 Å². The molecule has 7 heteroatoms. The van der Waals surface area contributed by atoms with E-state index in [1.807, 2.05) is 104 Å². The Balaban J connectivity index is 1.51. The van der Waals surface area contributed by atoms with Gasteiger partial charge in [0, 0.05) is 15.4 Å². The Hall–Kier alpha value is -3.29. The highest BCUT2D eigenvalue weighted by atomic mass is 79.9. The zero-order valence-electron chi connectivity index (χ0n) is 19.4. The maximum absolute atomic E-state index is 13.5. The van der Waals surface area contributed by atoms with Gasteiger partial charge in [0.15, 0.2) is 5.13 Å². The first kappa shape index (κ1) is 24.8. The largest absolute Gasteiger partial charge is 0.343 e. The van der Waals surface area contributed by atoms with E-state index in [0.29, 0.717) is 5.13 Å². The molecule has 0 radical (unpaired) electrons. The summed E-state index contributed by atoms with van der Waals surface area (Å²) < 4.78 is 0.991. The van der Waals surface area contributed by atoms with Crippen LogP contribution in [-0.2, 0) is 9.59 Å². The number of halogens is 1. The summed E-state index contributed by atoms with van der Waals surface area (Å²) in [4.78, 5) is 31.3. The molecule has 35 heavy (non-hydrogen) atoms. The van der Waals surface area contributed by atoms with E-state index in [0.717, 1.165) is 26.9 Å². The van der Waals surface area contributed by atoms with E-state index in [9.17, 15) is 9.59 Å². The van der Waals surface area contributed by atoms with Gasteiger partial charge in [-0.2, -0.15) is 0 Å². The molecule has 4 rings (SSSR count). The first-order valence-corrected chi connectivity index (χ1v) is 13.0. The van der Waals surface area contributed by atoms with E-state index in [4.69, 9.17) is 0 Å². The van der Waals surface area contributed by atoms with Gasteiger partial charge in [-0.1, -0.05) is 103 Å². The lowest BCUT2D eigenvalue weighted by molar-refractivity contribution is -0.127. The lowest BCUT2D eigenvalue weighted by Gasteiger charge is -2.25. The summed E-state index contributed by atoms with van der Waals surface area (Å²) in [7, 11) is 0. The first-order chi connectivity index (χ1) is 16.9. The van der Waals surface area contributed by atoms with Gasteiger partial charge in [0.05, 0.1) is 11.6 Å². The fraction of sp³-hybridized carbons (Fsp3) is 0.179. The fourth-order valence-corrected chi connectivity index (χ4v) is 4.81. The van der Waals surface area contributed by atoms with Crippen molar-refractivity contribution in [3.05, 3.63) is 106 Å². The molecule has 4 aromatic rings. The van der Waals surface area contributed by atoms with Crippen LogP contribution in [0.1, 0.15) is 30.9 Å². The fourth-order valence-electron chi connectivity index (χ4n) is 3.83. The Bertz CT molecular complexity index is 1240. The first-order valence-electron chi connectivity index (χ1n) is 11.3. The second kappa shape index (κ2) is 11.4. The van der Waals surface area contributed by atoms with Crippen molar-refractivity contribution in [1.82, 2.24) is 10.3 Å². The second-order valence-electron chi connectivity index (χ2n) is 8.52. The van der Waals surface area contributed by atoms with Gasteiger partial charge in [-0.3, -0.25) is 9.59 Å². The number of aromatic nitrogens is 1. The molecule has 0 bridgehead atoms. The van der Waals surface area contributed by atoms with Crippen LogP contribution in [0, 0.1) is 5.92 Å². The van der Waals surface area contributed by atoms with Gasteiger partial charge in [0.1, 0.15) is 6.04 Å². The van der Waals surface area contributed by atoms with Crippen LogP contribution in [0.15, 0.2) is 94.8 Å². The molecule has 1 atom stereocenters. The number of hydrogen-bond donors (Lipinski definition) is 2. The Morgan fingerprint density at radius 2 is 1.40 bits per heavy atom. The van der Waals surface area contributed by atoms with Crippen molar-refractivity contribution < 1.29 is 9.59 Å². The van der Waals surface area contributed by atoms with Gasteiger partial charge in [0.2, 0.25) is 11.8 Å². The lowest BCUT2D eigenvalue weighted by atomic mass is 9.89. The number of benzene rings is 3. The van der Waals surface area contributed by atoms with Gasteiger partial charge >= 0.3 is 0 Å². The summed E-state index contributed by atoms with van der Waals surface area (Å²) in [6.45, 7) is 3.83. The minimum Gasteiger partial charge on any atom is -0.343 e. The molecule has 0 aliphatic rings. The average molecular weight is 549 g/mol. The van der Waals surface area contributed by atoms with Crippen LogP contribution < -0.4 is 10.6 Å². The molecule has 2 amide bonds. The van der Waals surface area contributed by atoms with Crippen molar-refractivity contribution >= 4 is 44.2 Å². The summed E-state index contributed by atoms with van der Waals surface area (Å²) in [5.74, 6) is -1.14. The SMILES string of the molecule is CC(C)[C@@H](NC(=O)C(c1ccccc1)c1ccccc1)C(=O)Nc1nc(-c2ccc(Br)cc2)cs1. The zero-order valence-corrected chi connectivity index (χ0v) is 21.8. The Morgan fingerprint density at radius 1 is 0.829 bits per heavy atom. The molecule has 0 fully saturated rings. The summed E-state index contributed by atoms with van der Waals surface area (Å²) in [6.07, 6.45) is 0. The van der Waals surface area contributed by atoms with Crippen LogP contribution in [0.3, 0.4) is 0 Å². The van der Waals surface area contributed by atoms with Crippen molar-refractivity contribution in [2.75, 3.05) is 5.32 Å². The Labute approximate surface area is 217 Å². The number of amides is 2. The molecule has 0 aliphatic heterocycles. The van der Waals surface area contributed by atoms with Crippen molar-refractivity contribution in [3.8, 4) is 11.3 Å². The summed E-state index contributed by atoms with van der Waals surface area (Å²) in [5.41, 5.74) is 3.50. The zero-order chi connectivity index (χ0) is 24.8. The number of thiazole rings is 1. The van der Waals surface area contributed by atoms with Gasteiger partial charge in [0.25, 0.3) is 0 Å². The van der Waals surface area contributed by atoms with E-state index >= 15 is 0 Å². The molecule has 0 aliphatic carbocycles. The number of rotatable bonds is 8. The number of carbonyl (C=O) groups is 2. The van der Waals surface area contributed by atoms with E-state index in [1.54, 1.807) is 0 Å². The Kier molecular flexibility index (Phi) is 8.10. The molecule has 5 nitrogen and oxygen atoms in total. The molecule has 0 unspecified atom stereocenters. The number of anilines is 1. The molecular formula is C28H26BrN3O2S. The predicted molar refractivity (Wildman–Crippen MR) is 145 cm³/mol. The molecule has 0 saturated heterocycles. The van der Waals surface area contributed by atoms with Gasteiger partial charge in [-0.15, -0.1) is 11.3 Å². The maximum atomic E-state index is 13.5. The molecular weight excluding hydrogens is 522 g/mol. The van der Waals surface area contributed by atoms with Crippen LogP contribution in [0.5, 0.6) is 0 Å². The van der Waals surface area contributed by atoms with E-state index in [-0.39, 0.29) is 17.7 Å². The monoisotopic (exact) mass is 547 g/mol. The molecule has 1 heterocycles.